The molecule has 6 heteroatoms. The van der Waals surface area contributed by atoms with E-state index in [0.717, 1.165) is 25.9 Å². The van der Waals surface area contributed by atoms with Crippen LogP contribution < -0.4 is 10.9 Å². The second kappa shape index (κ2) is 8.79. The lowest BCUT2D eigenvalue weighted by Crippen LogP contribution is -2.28. The molecule has 1 amide bonds. The molecule has 4 aromatic rings. The molecule has 2 heterocycles. The van der Waals surface area contributed by atoms with Gasteiger partial charge in [0.1, 0.15) is 0 Å². The van der Waals surface area contributed by atoms with E-state index in [4.69, 9.17) is 0 Å². The second-order valence-electron chi connectivity index (χ2n) is 7.64. The van der Waals surface area contributed by atoms with Crippen molar-refractivity contribution in [1.82, 2.24) is 15.1 Å². The number of nitrogens with zero attached hydrogens (tertiary/aromatic N) is 2. The Morgan fingerprint density at radius 1 is 1.13 bits per heavy atom. The van der Waals surface area contributed by atoms with E-state index in [9.17, 15) is 9.59 Å². The Hall–Kier alpha value is -2.99. The number of nitrogens with one attached hydrogen (secondary N) is 1. The molecule has 2 aromatic heterocycles. The normalized spacial score (nSPS) is 12.3. The molecule has 0 aliphatic carbocycles. The average molecular weight is 420 g/mol. The fourth-order valence-electron chi connectivity index (χ4n) is 3.71. The molecule has 154 valence electrons. The standard InChI is InChI=1S/C24H25N3O2S/c1-16(18-9-4-3-5-10-18)15-25-21(28)13-8-14-27-24(29)22-19-11-6-7-12-20(19)30-23(22)17(2)26-27/h3-7,9-12,16H,8,13-15H2,1-2H3,(H,25,28)/t16-/m1/s1. The van der Waals surface area contributed by atoms with Crippen LogP contribution in [0.15, 0.2) is 59.4 Å². The first-order valence-electron chi connectivity index (χ1n) is 10.2. The van der Waals surface area contributed by atoms with Crippen molar-refractivity contribution in [3.63, 3.8) is 0 Å². The van der Waals surface area contributed by atoms with Gasteiger partial charge in [0.15, 0.2) is 0 Å². The monoisotopic (exact) mass is 419 g/mol. The minimum absolute atomic E-state index is 0.00427. The molecule has 4 rings (SSSR count). The van der Waals surface area contributed by atoms with Crippen LogP contribution >= 0.6 is 11.3 Å². The molecule has 0 saturated carbocycles. The molecule has 0 unspecified atom stereocenters. The van der Waals surface area contributed by atoms with Gasteiger partial charge in [0, 0.05) is 29.6 Å². The van der Waals surface area contributed by atoms with Crippen molar-refractivity contribution < 1.29 is 4.79 Å². The van der Waals surface area contributed by atoms with Crippen molar-refractivity contribution in [2.45, 2.75) is 39.2 Å². The summed E-state index contributed by atoms with van der Waals surface area (Å²) in [6, 6.07) is 18.1. The number of fused-ring (bicyclic) bond motifs is 3. The lowest BCUT2D eigenvalue weighted by molar-refractivity contribution is -0.121. The summed E-state index contributed by atoms with van der Waals surface area (Å²) in [4.78, 5) is 25.3. The van der Waals surface area contributed by atoms with Crippen LogP contribution in [0.4, 0.5) is 0 Å². The second-order valence-corrected chi connectivity index (χ2v) is 8.69. The highest BCUT2D eigenvalue weighted by molar-refractivity contribution is 7.26. The van der Waals surface area contributed by atoms with Gasteiger partial charge in [-0.05, 0) is 30.9 Å². The lowest BCUT2D eigenvalue weighted by atomic mass is 10.0. The summed E-state index contributed by atoms with van der Waals surface area (Å²) in [6.45, 7) is 5.07. The maximum absolute atomic E-state index is 13.0. The van der Waals surface area contributed by atoms with Gasteiger partial charge in [0.2, 0.25) is 5.91 Å². The first-order chi connectivity index (χ1) is 14.5. The minimum atomic E-state index is -0.0776. The van der Waals surface area contributed by atoms with Crippen LogP contribution in [0.2, 0.25) is 0 Å². The van der Waals surface area contributed by atoms with Crippen LogP contribution in [0.5, 0.6) is 0 Å². The fraction of sp³-hybridized carbons (Fsp3) is 0.292. The molecule has 0 bridgehead atoms. The van der Waals surface area contributed by atoms with E-state index in [-0.39, 0.29) is 17.4 Å². The number of carbonyl (C=O) groups excluding carboxylic acids is 1. The Morgan fingerprint density at radius 2 is 1.87 bits per heavy atom. The molecule has 0 aliphatic rings. The van der Waals surface area contributed by atoms with E-state index < -0.39 is 0 Å². The summed E-state index contributed by atoms with van der Waals surface area (Å²) in [6.07, 6.45) is 0.947. The predicted octanol–water partition coefficient (Wildman–Crippen LogP) is 4.62. The number of aromatic nitrogens is 2. The van der Waals surface area contributed by atoms with Crippen molar-refractivity contribution in [3.05, 3.63) is 76.2 Å². The number of aryl methyl sites for hydroxylation is 2. The number of hydrogen-bond acceptors (Lipinski definition) is 4. The molecular formula is C24H25N3O2S. The maximum atomic E-state index is 13.0. The van der Waals surface area contributed by atoms with Crippen LogP contribution in [0, 0.1) is 6.92 Å². The van der Waals surface area contributed by atoms with E-state index in [1.54, 1.807) is 11.3 Å². The predicted molar refractivity (Wildman–Crippen MR) is 123 cm³/mol. The van der Waals surface area contributed by atoms with E-state index in [1.165, 1.54) is 10.2 Å². The number of rotatable bonds is 7. The Balaban J connectivity index is 1.39. The Morgan fingerprint density at radius 3 is 2.67 bits per heavy atom. The summed E-state index contributed by atoms with van der Waals surface area (Å²) in [5.41, 5.74) is 1.98. The fourth-order valence-corrected chi connectivity index (χ4v) is 4.84. The Labute approximate surface area is 179 Å². The topological polar surface area (TPSA) is 64.0 Å². The largest absolute Gasteiger partial charge is 0.356 e. The molecule has 2 aromatic carbocycles. The molecule has 30 heavy (non-hydrogen) atoms. The van der Waals surface area contributed by atoms with E-state index in [2.05, 4.69) is 29.5 Å². The van der Waals surface area contributed by atoms with Gasteiger partial charge in [-0.3, -0.25) is 9.59 Å². The molecule has 5 nitrogen and oxygen atoms in total. The highest BCUT2D eigenvalue weighted by Crippen LogP contribution is 2.32. The van der Waals surface area contributed by atoms with Gasteiger partial charge < -0.3 is 5.32 Å². The number of thiophene rings is 1. The summed E-state index contributed by atoms with van der Waals surface area (Å²) in [5, 5.41) is 9.21. The minimum Gasteiger partial charge on any atom is -0.356 e. The molecule has 0 fully saturated rings. The van der Waals surface area contributed by atoms with Crippen LogP contribution in [-0.4, -0.2) is 22.2 Å². The van der Waals surface area contributed by atoms with Crippen LogP contribution in [-0.2, 0) is 11.3 Å². The third-order valence-electron chi connectivity index (χ3n) is 5.39. The molecule has 1 N–H and O–H groups in total. The Kier molecular flexibility index (Phi) is 5.95. The van der Waals surface area contributed by atoms with Crippen molar-refractivity contribution in [2.75, 3.05) is 6.54 Å². The van der Waals surface area contributed by atoms with Crippen LogP contribution in [0.1, 0.15) is 36.9 Å². The lowest BCUT2D eigenvalue weighted by Gasteiger charge is -2.13. The molecular weight excluding hydrogens is 394 g/mol. The third kappa shape index (κ3) is 4.14. The number of hydrogen-bond donors (Lipinski definition) is 1. The summed E-state index contributed by atoms with van der Waals surface area (Å²) >= 11 is 1.61. The van der Waals surface area contributed by atoms with Crippen LogP contribution in [0.3, 0.4) is 0 Å². The van der Waals surface area contributed by atoms with E-state index >= 15 is 0 Å². The van der Waals surface area contributed by atoms with Crippen molar-refractivity contribution in [1.29, 1.82) is 0 Å². The zero-order valence-electron chi connectivity index (χ0n) is 17.2. The van der Waals surface area contributed by atoms with Gasteiger partial charge in [-0.1, -0.05) is 55.5 Å². The maximum Gasteiger partial charge on any atom is 0.276 e. The van der Waals surface area contributed by atoms with Gasteiger partial charge in [0.25, 0.3) is 5.56 Å². The zero-order chi connectivity index (χ0) is 21.1. The third-order valence-corrected chi connectivity index (χ3v) is 6.67. The highest BCUT2D eigenvalue weighted by atomic mass is 32.1. The SMILES string of the molecule is Cc1nn(CCCC(=O)NC[C@@H](C)c2ccccc2)c(=O)c2c1sc1ccccc12. The van der Waals surface area contributed by atoms with Gasteiger partial charge in [-0.2, -0.15) is 5.10 Å². The first kappa shape index (κ1) is 20.3. The summed E-state index contributed by atoms with van der Waals surface area (Å²) in [5.74, 6) is 0.265. The van der Waals surface area contributed by atoms with Gasteiger partial charge in [-0.15, -0.1) is 11.3 Å². The van der Waals surface area contributed by atoms with Crippen LogP contribution in [0.25, 0.3) is 20.2 Å². The zero-order valence-corrected chi connectivity index (χ0v) is 18.0. The average Bonchev–Trinajstić information content (AvgIpc) is 3.16. The number of carbonyl (C=O) groups is 1. The first-order valence-corrected chi connectivity index (χ1v) is 11.1. The summed E-state index contributed by atoms with van der Waals surface area (Å²) < 4.78 is 3.56. The van der Waals surface area contributed by atoms with Crippen molar-refractivity contribution in [2.24, 2.45) is 0 Å². The molecule has 0 aliphatic heterocycles. The summed E-state index contributed by atoms with van der Waals surface area (Å²) in [7, 11) is 0. The number of benzene rings is 2. The van der Waals surface area contributed by atoms with Gasteiger partial charge in [0.05, 0.1) is 15.8 Å². The quantitative estimate of drug-likeness (QED) is 0.475. The highest BCUT2D eigenvalue weighted by Gasteiger charge is 2.14. The van der Waals surface area contributed by atoms with Crippen molar-refractivity contribution in [3.8, 4) is 0 Å². The smallest absolute Gasteiger partial charge is 0.276 e. The number of amides is 1. The van der Waals surface area contributed by atoms with E-state index in [1.807, 2.05) is 49.4 Å². The molecule has 0 spiro atoms. The Bertz CT molecular complexity index is 1240. The molecule has 0 radical (unpaired) electrons. The molecule has 0 saturated heterocycles. The molecule has 1 atom stereocenters. The van der Waals surface area contributed by atoms with Crippen molar-refractivity contribution >= 4 is 37.4 Å². The van der Waals surface area contributed by atoms with Gasteiger partial charge in [-0.25, -0.2) is 4.68 Å². The van der Waals surface area contributed by atoms with Gasteiger partial charge >= 0.3 is 0 Å². The van der Waals surface area contributed by atoms with E-state index in [0.29, 0.717) is 25.9 Å².